The number of hydrogen-bond donors (Lipinski definition) is 2. The molecule has 0 spiro atoms. The number of aliphatic hydroxyl groups excluding tert-OH is 1. The van der Waals surface area contributed by atoms with E-state index in [1.807, 2.05) is 0 Å². The Balaban J connectivity index is 0.00000300. The van der Waals surface area contributed by atoms with E-state index in [0.717, 1.165) is 25.7 Å². The van der Waals surface area contributed by atoms with Gasteiger partial charge in [-0.3, -0.25) is 9.18 Å². The summed E-state index contributed by atoms with van der Waals surface area (Å²) in [6.07, 6.45) is 4.08. The maximum absolute atomic E-state index is 12.1. The molecule has 17 nitrogen and oxygen atoms in total. The molecule has 0 radical (unpaired) electrons. The van der Waals surface area contributed by atoms with Crippen molar-refractivity contribution in [2.75, 3.05) is 7.11 Å². The SMILES string of the molecule is COC=NC1CCC(N=NC2CCC(N=NC3C(OS(=O)[O-])CC4CC(S(=O)(=O)[O-])C(N)CC4C3O)C3CC(S(=O)(=O)[O-])CCC23)CC1.[Na+].[Na+].[Na+]. The van der Waals surface area contributed by atoms with Crippen LogP contribution in [0.25, 0.3) is 0 Å². The number of rotatable bonds is 10. The maximum Gasteiger partial charge on any atom is 1.00 e. The Labute approximate surface area is 369 Å². The van der Waals surface area contributed by atoms with Gasteiger partial charge in [-0.15, -0.1) is 0 Å². The number of nitrogens with zero attached hydrogens (tertiary/aromatic N) is 5. The zero-order chi connectivity index (χ0) is 34.8. The van der Waals surface area contributed by atoms with Crippen molar-refractivity contribution in [3.8, 4) is 0 Å². The summed E-state index contributed by atoms with van der Waals surface area (Å²) in [5.41, 5.74) is 6.04. The Morgan fingerprint density at radius 3 is 1.96 bits per heavy atom. The van der Waals surface area contributed by atoms with Gasteiger partial charge in [-0.05, 0) is 101 Å². The second kappa shape index (κ2) is 21.3. The van der Waals surface area contributed by atoms with Gasteiger partial charge in [-0.2, -0.15) is 20.5 Å². The first kappa shape index (κ1) is 48.6. The number of nitrogens with two attached hydrogens (primary N) is 1. The van der Waals surface area contributed by atoms with Crippen molar-refractivity contribution in [3.05, 3.63) is 0 Å². The first-order valence-corrected chi connectivity index (χ1v) is 20.5. The van der Waals surface area contributed by atoms with Gasteiger partial charge in [0.25, 0.3) is 0 Å². The molecule has 0 bridgehead atoms. The summed E-state index contributed by atoms with van der Waals surface area (Å²) in [7, 11) is -7.72. The predicted octanol–water partition coefficient (Wildman–Crippen LogP) is -7.67. The second-order valence-electron chi connectivity index (χ2n) is 14.0. The molecule has 0 aromatic heterocycles. The summed E-state index contributed by atoms with van der Waals surface area (Å²) in [5, 5.41) is 27.3. The molecule has 5 fully saturated rings. The molecule has 13 unspecified atom stereocenters. The molecule has 3 N–H and O–H groups in total. The Kier molecular flexibility index (Phi) is 20.3. The van der Waals surface area contributed by atoms with Crippen molar-refractivity contribution >= 4 is 38.0 Å². The van der Waals surface area contributed by atoms with Crippen LogP contribution in [0, 0.1) is 23.7 Å². The quantitative estimate of drug-likeness (QED) is 0.0520. The van der Waals surface area contributed by atoms with Crippen LogP contribution in [0.4, 0.5) is 0 Å². The zero-order valence-electron chi connectivity index (χ0n) is 29.7. The molecule has 0 saturated heterocycles. The first-order valence-electron chi connectivity index (χ1n) is 16.6. The molecule has 5 saturated carbocycles. The molecule has 0 aromatic carbocycles. The third-order valence-electron chi connectivity index (χ3n) is 11.3. The molecule has 274 valence electrons. The molecule has 0 heterocycles. The van der Waals surface area contributed by atoms with E-state index < -0.39 is 84.3 Å². The number of ether oxygens (including phenoxy) is 1. The second-order valence-corrected chi connectivity index (χ2v) is 17.9. The fourth-order valence-electron chi connectivity index (χ4n) is 8.82. The van der Waals surface area contributed by atoms with E-state index in [1.165, 1.54) is 6.40 Å². The van der Waals surface area contributed by atoms with Crippen molar-refractivity contribution in [1.29, 1.82) is 0 Å². The van der Waals surface area contributed by atoms with Crippen LogP contribution < -0.4 is 94.4 Å². The van der Waals surface area contributed by atoms with Gasteiger partial charge in [0.1, 0.15) is 12.1 Å². The van der Waals surface area contributed by atoms with Gasteiger partial charge in [0.15, 0.2) is 6.40 Å². The van der Waals surface area contributed by atoms with E-state index in [2.05, 4.69) is 20.3 Å². The van der Waals surface area contributed by atoms with Crippen molar-refractivity contribution in [2.45, 2.75) is 136 Å². The number of aliphatic hydroxyl groups is 1. The predicted molar refractivity (Wildman–Crippen MR) is 168 cm³/mol. The summed E-state index contributed by atoms with van der Waals surface area (Å²) in [4.78, 5) is 4.38. The molecule has 0 aliphatic heterocycles. The zero-order valence-corrected chi connectivity index (χ0v) is 38.2. The van der Waals surface area contributed by atoms with Crippen LogP contribution in [0.5, 0.6) is 0 Å². The average Bonchev–Trinajstić information content (AvgIpc) is 3.02. The van der Waals surface area contributed by atoms with Gasteiger partial charge in [-0.1, -0.05) is 0 Å². The van der Waals surface area contributed by atoms with Gasteiger partial charge in [0.05, 0.1) is 74.2 Å². The Bertz CT molecular complexity index is 1460. The molecule has 13 atom stereocenters. The number of azo groups is 2. The van der Waals surface area contributed by atoms with Gasteiger partial charge in [-0.25, -0.2) is 21.0 Å². The van der Waals surface area contributed by atoms with Crippen molar-refractivity contribution in [1.82, 2.24) is 0 Å². The molecular weight excluding hydrogens is 762 g/mol. The van der Waals surface area contributed by atoms with E-state index in [-0.39, 0.29) is 151 Å². The average molecular weight is 807 g/mol. The Morgan fingerprint density at radius 2 is 1.37 bits per heavy atom. The maximum atomic E-state index is 12.1. The molecule has 51 heavy (non-hydrogen) atoms. The fraction of sp³-hybridized carbons (Fsp3) is 0.964. The molecular formula is C28H45N6Na3O11S3. The summed E-state index contributed by atoms with van der Waals surface area (Å²) in [6.45, 7) is 0. The summed E-state index contributed by atoms with van der Waals surface area (Å²) in [5.74, 6) is -1.58. The standard InChI is InChI=1S/C28H48N6O11S3.3Na/c1-44-14-30-16-2-4-17(5-3-16)31-32-23-8-9-24(21-12-18(47(38,39)40)6-7-19(21)23)33-34-27-25(45-46(36)37)10-15-11-26(48(41,42)43)22(29)13-20(15)28(27)35;;;/h14-28,35H,2-13,29H2,1H3,(H,36,37)(H,38,39,40)(H,41,42,43);;;/q;3*+1/p-3. The third kappa shape index (κ3) is 12.7. The summed E-state index contributed by atoms with van der Waals surface area (Å²) in [6, 6.07) is -2.60. The summed E-state index contributed by atoms with van der Waals surface area (Å²) >= 11 is -2.99. The largest absolute Gasteiger partial charge is 1.00 e. The Hall–Kier alpha value is 1.48. The number of methoxy groups -OCH3 is 1. The number of hydrogen-bond acceptors (Lipinski definition) is 17. The van der Waals surface area contributed by atoms with Crippen molar-refractivity contribution in [3.63, 3.8) is 0 Å². The molecule has 5 rings (SSSR count). The third-order valence-corrected chi connectivity index (χ3v) is 14.2. The van der Waals surface area contributed by atoms with Crippen LogP contribution >= 0.6 is 0 Å². The van der Waals surface area contributed by atoms with E-state index >= 15 is 0 Å². The topological polar surface area (TPSA) is 281 Å². The molecule has 5 aliphatic carbocycles. The minimum atomic E-state index is -4.72. The van der Waals surface area contributed by atoms with Crippen LogP contribution in [0.2, 0.25) is 0 Å². The number of fused-ring (bicyclic) bond motifs is 2. The smallest absolute Gasteiger partial charge is 0.750 e. The molecule has 0 aromatic rings. The monoisotopic (exact) mass is 806 g/mol. The molecule has 23 heteroatoms. The van der Waals surface area contributed by atoms with Gasteiger partial charge < -0.3 is 29.2 Å². The van der Waals surface area contributed by atoms with E-state index in [1.54, 1.807) is 7.11 Å². The molecule has 0 amide bonds. The van der Waals surface area contributed by atoms with Crippen LogP contribution in [-0.2, 0) is 40.5 Å². The van der Waals surface area contributed by atoms with Crippen molar-refractivity contribution < 1.29 is 137 Å². The van der Waals surface area contributed by atoms with E-state index in [9.17, 15) is 39.8 Å². The number of aliphatic imine (C=N–C) groups is 1. The van der Waals surface area contributed by atoms with E-state index in [4.69, 9.17) is 19.8 Å². The minimum absolute atomic E-state index is 0. The van der Waals surface area contributed by atoms with Crippen LogP contribution in [0.15, 0.2) is 25.4 Å². The Morgan fingerprint density at radius 1 is 0.765 bits per heavy atom. The van der Waals surface area contributed by atoms with Gasteiger partial charge in [0, 0.05) is 11.3 Å². The minimum Gasteiger partial charge on any atom is -0.750 e. The fourth-order valence-corrected chi connectivity index (χ4v) is 11.1. The van der Waals surface area contributed by atoms with Crippen LogP contribution in [0.1, 0.15) is 77.0 Å². The van der Waals surface area contributed by atoms with Crippen molar-refractivity contribution in [2.24, 2.45) is 54.9 Å². The van der Waals surface area contributed by atoms with Gasteiger partial charge >= 0.3 is 88.7 Å². The van der Waals surface area contributed by atoms with Crippen LogP contribution in [0.3, 0.4) is 0 Å². The normalized spacial score (nSPS) is 41.1. The van der Waals surface area contributed by atoms with E-state index in [0.29, 0.717) is 19.3 Å². The van der Waals surface area contributed by atoms with Crippen LogP contribution in [-0.4, -0.2) is 112 Å². The first-order chi connectivity index (χ1) is 22.7. The van der Waals surface area contributed by atoms with Gasteiger partial charge in [0.2, 0.25) is 0 Å². The molecule has 5 aliphatic rings. The summed E-state index contributed by atoms with van der Waals surface area (Å²) < 4.78 is 105.